The Labute approximate surface area is 110 Å². The van der Waals surface area contributed by atoms with Crippen LogP contribution in [-0.2, 0) is 10.0 Å². The van der Waals surface area contributed by atoms with Gasteiger partial charge in [-0.25, -0.2) is 13.1 Å². The predicted molar refractivity (Wildman–Crippen MR) is 68.2 cm³/mol. The molecule has 0 spiro atoms. The van der Waals surface area contributed by atoms with Crippen LogP contribution in [0, 0.1) is 13.8 Å². The summed E-state index contributed by atoms with van der Waals surface area (Å²) in [6.45, 7) is 3.34. The fourth-order valence-electron chi connectivity index (χ4n) is 1.48. The zero-order valence-corrected chi connectivity index (χ0v) is 11.3. The molecule has 0 aliphatic heterocycles. The minimum atomic E-state index is -3.72. The van der Waals surface area contributed by atoms with Crippen LogP contribution in [0.2, 0.25) is 5.02 Å². The van der Waals surface area contributed by atoms with E-state index < -0.39 is 10.0 Å². The summed E-state index contributed by atoms with van der Waals surface area (Å²) in [5.41, 5.74) is 1.08. The predicted octanol–water partition coefficient (Wildman–Crippen LogP) is 2.75. The summed E-state index contributed by atoms with van der Waals surface area (Å²) in [5.74, 6) is 0.0758. The van der Waals surface area contributed by atoms with Crippen molar-refractivity contribution in [3.05, 3.63) is 40.5 Å². The largest absolute Gasteiger partial charge is 0.338 e. The van der Waals surface area contributed by atoms with Crippen molar-refractivity contribution in [3.8, 4) is 0 Å². The number of aromatic nitrogens is 1. The van der Waals surface area contributed by atoms with Gasteiger partial charge in [-0.05, 0) is 31.5 Å². The topological polar surface area (TPSA) is 72.2 Å². The molecule has 0 fully saturated rings. The Balaban J connectivity index is 2.40. The van der Waals surface area contributed by atoms with Crippen molar-refractivity contribution in [3.63, 3.8) is 0 Å². The SMILES string of the molecule is Cc1cc(NS(=O)(=O)c2cccc(Cl)c2C)on1. The highest BCUT2D eigenvalue weighted by molar-refractivity contribution is 7.92. The highest BCUT2D eigenvalue weighted by Gasteiger charge is 2.19. The summed E-state index contributed by atoms with van der Waals surface area (Å²) >= 11 is 5.90. The number of anilines is 1. The van der Waals surface area contributed by atoms with E-state index in [9.17, 15) is 8.42 Å². The lowest BCUT2D eigenvalue weighted by Gasteiger charge is -2.08. The standard InChI is InChI=1S/C11H11ClN2O3S/c1-7-6-11(17-13-7)14-18(15,16)10-5-3-4-9(12)8(10)2/h3-6,14H,1-2H3. The third-order valence-electron chi connectivity index (χ3n) is 2.37. The lowest BCUT2D eigenvalue weighted by molar-refractivity contribution is 0.430. The number of hydrogen-bond donors (Lipinski definition) is 1. The Morgan fingerprint density at radius 3 is 2.67 bits per heavy atom. The van der Waals surface area contributed by atoms with Gasteiger partial charge in [-0.15, -0.1) is 0 Å². The molecule has 5 nitrogen and oxygen atoms in total. The minimum Gasteiger partial charge on any atom is -0.338 e. The highest BCUT2D eigenvalue weighted by atomic mass is 35.5. The molecule has 1 N–H and O–H groups in total. The van der Waals surface area contributed by atoms with Crippen LogP contribution in [-0.4, -0.2) is 13.6 Å². The number of aryl methyl sites for hydroxylation is 1. The molecule has 2 rings (SSSR count). The van der Waals surface area contributed by atoms with Crippen molar-refractivity contribution in [2.75, 3.05) is 4.72 Å². The molecule has 0 saturated heterocycles. The van der Waals surface area contributed by atoms with E-state index >= 15 is 0 Å². The van der Waals surface area contributed by atoms with E-state index in [0.29, 0.717) is 16.3 Å². The molecular formula is C11H11ClN2O3S. The molecule has 18 heavy (non-hydrogen) atoms. The number of hydrogen-bond acceptors (Lipinski definition) is 4. The molecule has 96 valence electrons. The van der Waals surface area contributed by atoms with Crippen molar-refractivity contribution in [2.45, 2.75) is 18.7 Å². The molecule has 0 atom stereocenters. The molecule has 1 heterocycles. The molecule has 1 aromatic carbocycles. The van der Waals surface area contributed by atoms with E-state index in [1.807, 2.05) is 0 Å². The fourth-order valence-corrected chi connectivity index (χ4v) is 2.95. The molecule has 0 saturated carbocycles. The van der Waals surface area contributed by atoms with Crippen LogP contribution < -0.4 is 4.72 Å². The van der Waals surface area contributed by atoms with E-state index in [1.54, 1.807) is 26.0 Å². The van der Waals surface area contributed by atoms with Crippen LogP contribution in [0.15, 0.2) is 33.7 Å². The second kappa shape index (κ2) is 4.62. The monoisotopic (exact) mass is 286 g/mol. The molecule has 0 aliphatic carbocycles. The van der Waals surface area contributed by atoms with Crippen LogP contribution in [0.1, 0.15) is 11.3 Å². The van der Waals surface area contributed by atoms with Gasteiger partial charge in [0.1, 0.15) is 0 Å². The molecular weight excluding hydrogens is 276 g/mol. The molecule has 0 bridgehead atoms. The van der Waals surface area contributed by atoms with Gasteiger partial charge in [0.15, 0.2) is 0 Å². The first-order chi connectivity index (χ1) is 8.40. The lowest BCUT2D eigenvalue weighted by atomic mass is 10.2. The number of nitrogens with one attached hydrogen (secondary N) is 1. The van der Waals surface area contributed by atoms with Gasteiger partial charge in [0.25, 0.3) is 10.0 Å². The number of benzene rings is 1. The normalized spacial score (nSPS) is 11.5. The van der Waals surface area contributed by atoms with E-state index in [4.69, 9.17) is 16.1 Å². The average Bonchev–Trinajstić information content (AvgIpc) is 2.67. The van der Waals surface area contributed by atoms with Gasteiger partial charge in [0.2, 0.25) is 5.88 Å². The lowest BCUT2D eigenvalue weighted by Crippen LogP contribution is -2.13. The van der Waals surface area contributed by atoms with Gasteiger partial charge in [-0.3, -0.25) is 0 Å². The first-order valence-corrected chi connectivity index (χ1v) is 6.97. The van der Waals surface area contributed by atoms with E-state index in [-0.39, 0.29) is 10.8 Å². The van der Waals surface area contributed by atoms with Gasteiger partial charge in [0, 0.05) is 11.1 Å². The molecule has 7 heteroatoms. The number of halogens is 1. The van der Waals surface area contributed by atoms with Gasteiger partial charge in [-0.2, -0.15) is 0 Å². The number of sulfonamides is 1. The Morgan fingerprint density at radius 1 is 1.33 bits per heavy atom. The Hall–Kier alpha value is -1.53. The third-order valence-corrected chi connectivity index (χ3v) is 4.27. The second-order valence-electron chi connectivity index (χ2n) is 3.80. The maximum absolute atomic E-state index is 12.1. The maximum atomic E-state index is 12.1. The number of nitrogens with zero attached hydrogens (tertiary/aromatic N) is 1. The van der Waals surface area contributed by atoms with Crippen LogP contribution in [0.5, 0.6) is 0 Å². The Bertz CT molecular complexity index is 679. The quantitative estimate of drug-likeness (QED) is 0.941. The summed E-state index contributed by atoms with van der Waals surface area (Å²) in [4.78, 5) is 0.115. The Kier molecular flexibility index (Phi) is 3.32. The van der Waals surface area contributed by atoms with Crippen molar-refractivity contribution in [1.82, 2.24) is 5.16 Å². The zero-order chi connectivity index (χ0) is 13.3. The summed E-state index contributed by atoms with van der Waals surface area (Å²) in [6, 6.07) is 6.19. The van der Waals surface area contributed by atoms with Crippen molar-refractivity contribution >= 4 is 27.5 Å². The van der Waals surface area contributed by atoms with E-state index in [0.717, 1.165) is 0 Å². The van der Waals surface area contributed by atoms with Crippen molar-refractivity contribution in [1.29, 1.82) is 0 Å². The average molecular weight is 287 g/mol. The number of rotatable bonds is 3. The molecule has 0 amide bonds. The first kappa shape index (κ1) is 12.9. The first-order valence-electron chi connectivity index (χ1n) is 5.11. The minimum absolute atomic E-state index is 0.0758. The highest BCUT2D eigenvalue weighted by Crippen LogP contribution is 2.24. The van der Waals surface area contributed by atoms with Crippen LogP contribution in [0.25, 0.3) is 0 Å². The van der Waals surface area contributed by atoms with Crippen molar-refractivity contribution in [2.24, 2.45) is 0 Å². The maximum Gasteiger partial charge on any atom is 0.264 e. The van der Waals surface area contributed by atoms with Gasteiger partial charge in [-0.1, -0.05) is 22.8 Å². The van der Waals surface area contributed by atoms with Crippen LogP contribution in [0.3, 0.4) is 0 Å². The molecule has 0 radical (unpaired) electrons. The summed E-state index contributed by atoms with van der Waals surface area (Å²) in [6.07, 6.45) is 0. The van der Waals surface area contributed by atoms with Gasteiger partial charge >= 0.3 is 0 Å². The van der Waals surface area contributed by atoms with Crippen LogP contribution in [0.4, 0.5) is 5.88 Å². The smallest absolute Gasteiger partial charge is 0.264 e. The molecule has 1 aromatic heterocycles. The Morgan fingerprint density at radius 2 is 2.06 bits per heavy atom. The fraction of sp³-hybridized carbons (Fsp3) is 0.182. The van der Waals surface area contributed by atoms with Gasteiger partial charge in [0.05, 0.1) is 10.6 Å². The van der Waals surface area contributed by atoms with Crippen molar-refractivity contribution < 1.29 is 12.9 Å². The summed E-state index contributed by atoms with van der Waals surface area (Å²) in [5, 5.41) is 4.00. The van der Waals surface area contributed by atoms with Gasteiger partial charge < -0.3 is 4.52 Å². The second-order valence-corrected chi connectivity index (χ2v) is 5.86. The molecule has 0 unspecified atom stereocenters. The molecule has 2 aromatic rings. The summed E-state index contributed by atoms with van der Waals surface area (Å²) < 4.78 is 31.4. The summed E-state index contributed by atoms with van der Waals surface area (Å²) in [7, 11) is -3.72. The zero-order valence-electron chi connectivity index (χ0n) is 9.77. The molecule has 0 aliphatic rings. The van der Waals surface area contributed by atoms with E-state index in [1.165, 1.54) is 12.1 Å². The van der Waals surface area contributed by atoms with Crippen LogP contribution >= 0.6 is 11.6 Å². The van der Waals surface area contributed by atoms with E-state index in [2.05, 4.69) is 9.88 Å². The third kappa shape index (κ3) is 2.49.